The van der Waals surface area contributed by atoms with E-state index in [1.165, 1.54) is 0 Å². The van der Waals surface area contributed by atoms with Crippen LogP contribution in [-0.2, 0) is 0 Å². The van der Waals surface area contributed by atoms with Crippen molar-refractivity contribution in [3.63, 3.8) is 0 Å². The minimum absolute atomic E-state index is 0.217. The number of carbonyl (C=O) groups is 1. The maximum absolute atomic E-state index is 12.8. The summed E-state index contributed by atoms with van der Waals surface area (Å²) < 4.78 is 37.9. The summed E-state index contributed by atoms with van der Waals surface area (Å²) in [5.41, 5.74) is -1.26. The molecule has 2 nitrogen and oxygen atoms in total. The molecule has 0 bridgehead atoms. The van der Waals surface area contributed by atoms with E-state index >= 15 is 0 Å². The van der Waals surface area contributed by atoms with Gasteiger partial charge >= 0.3 is 5.97 Å². The van der Waals surface area contributed by atoms with E-state index in [0.29, 0.717) is 0 Å². The zero-order valence-corrected chi connectivity index (χ0v) is 6.70. The van der Waals surface area contributed by atoms with Crippen LogP contribution in [0, 0.1) is 17.5 Å². The number of benzene rings is 1. The highest BCUT2D eigenvalue weighted by molar-refractivity contribution is 6.31. The number of aromatic carboxylic acids is 1. The lowest BCUT2D eigenvalue weighted by Gasteiger charge is -2.01. The first-order valence-electron chi connectivity index (χ1n) is 3.01. The molecule has 1 N–H and O–H groups in total. The van der Waals surface area contributed by atoms with Gasteiger partial charge in [0.05, 0.1) is 0 Å². The zero-order chi connectivity index (χ0) is 10.2. The fourth-order valence-corrected chi connectivity index (χ4v) is 0.911. The number of halogens is 4. The molecule has 0 aromatic heterocycles. The Kier molecular flexibility index (Phi) is 2.47. The molecule has 13 heavy (non-hydrogen) atoms. The van der Waals surface area contributed by atoms with Gasteiger partial charge in [0.15, 0.2) is 5.82 Å². The summed E-state index contributed by atoms with van der Waals surface area (Å²) in [4.78, 5) is 10.2. The molecule has 0 heterocycles. The summed E-state index contributed by atoms with van der Waals surface area (Å²) in [6.07, 6.45) is 0. The average molecular weight is 211 g/mol. The van der Waals surface area contributed by atoms with Crippen LogP contribution in [0.3, 0.4) is 0 Å². The van der Waals surface area contributed by atoms with Gasteiger partial charge in [-0.05, 0) is 0 Å². The Balaban J connectivity index is 3.53. The first kappa shape index (κ1) is 9.85. The van der Waals surface area contributed by atoms with E-state index in [2.05, 4.69) is 0 Å². The van der Waals surface area contributed by atoms with Gasteiger partial charge in [-0.1, -0.05) is 11.6 Å². The molecule has 1 aromatic rings. The van der Waals surface area contributed by atoms with Gasteiger partial charge in [-0.25, -0.2) is 18.0 Å². The fourth-order valence-electron chi connectivity index (χ4n) is 0.762. The van der Waals surface area contributed by atoms with Crippen molar-refractivity contribution in [3.05, 3.63) is 34.1 Å². The van der Waals surface area contributed by atoms with E-state index in [0.717, 1.165) is 0 Å². The third-order valence-corrected chi connectivity index (χ3v) is 1.67. The molecule has 0 spiro atoms. The van der Waals surface area contributed by atoms with E-state index in [1.54, 1.807) is 0 Å². The zero-order valence-electron chi connectivity index (χ0n) is 5.94. The normalized spacial score (nSPS) is 10.2. The van der Waals surface area contributed by atoms with Crippen LogP contribution in [0.4, 0.5) is 13.2 Å². The SMILES string of the molecule is O=C(O)c1c(F)cc(F)c(Cl)c1F. The lowest BCUT2D eigenvalue weighted by Crippen LogP contribution is -2.06. The van der Waals surface area contributed by atoms with Gasteiger partial charge in [-0.3, -0.25) is 0 Å². The first-order chi connectivity index (χ1) is 5.95. The van der Waals surface area contributed by atoms with Crippen LogP contribution in [0.1, 0.15) is 10.4 Å². The lowest BCUT2D eigenvalue weighted by atomic mass is 10.2. The van der Waals surface area contributed by atoms with Crippen LogP contribution in [0.5, 0.6) is 0 Å². The molecule has 0 atom stereocenters. The monoisotopic (exact) mass is 210 g/mol. The third kappa shape index (κ3) is 1.60. The Morgan fingerprint density at radius 3 is 2.31 bits per heavy atom. The maximum Gasteiger partial charge on any atom is 0.341 e. The molecule has 0 fully saturated rings. The molecule has 70 valence electrons. The summed E-state index contributed by atoms with van der Waals surface area (Å²) in [6.45, 7) is 0. The van der Waals surface area contributed by atoms with Crippen molar-refractivity contribution in [2.45, 2.75) is 0 Å². The van der Waals surface area contributed by atoms with Crippen LogP contribution in [0.15, 0.2) is 6.07 Å². The van der Waals surface area contributed by atoms with E-state index in [4.69, 9.17) is 16.7 Å². The van der Waals surface area contributed by atoms with E-state index < -0.39 is 34.0 Å². The molecule has 0 aliphatic carbocycles. The Bertz CT molecular complexity index is 378. The molecule has 0 aliphatic rings. The molecular formula is C7H2ClF3O2. The molecule has 0 aliphatic heterocycles. The number of hydrogen-bond acceptors (Lipinski definition) is 1. The maximum atomic E-state index is 12.8. The quantitative estimate of drug-likeness (QED) is 0.571. The number of carboxylic acid groups (broad SMARTS) is 1. The summed E-state index contributed by atoms with van der Waals surface area (Å²) in [5.74, 6) is -6.27. The Morgan fingerprint density at radius 1 is 1.31 bits per heavy atom. The third-order valence-electron chi connectivity index (χ3n) is 1.33. The predicted octanol–water partition coefficient (Wildman–Crippen LogP) is 2.46. The first-order valence-corrected chi connectivity index (χ1v) is 3.39. The topological polar surface area (TPSA) is 37.3 Å². The van der Waals surface area contributed by atoms with Crippen molar-refractivity contribution in [3.8, 4) is 0 Å². The highest BCUT2D eigenvalue weighted by atomic mass is 35.5. The second kappa shape index (κ2) is 3.26. The smallest absolute Gasteiger partial charge is 0.341 e. The van der Waals surface area contributed by atoms with Crippen LogP contribution in [-0.4, -0.2) is 11.1 Å². The minimum atomic E-state index is -1.84. The number of rotatable bonds is 1. The fraction of sp³-hybridized carbons (Fsp3) is 0. The average Bonchev–Trinajstić information content (AvgIpc) is 1.99. The van der Waals surface area contributed by atoms with Gasteiger partial charge in [0.1, 0.15) is 22.2 Å². The number of carboxylic acids is 1. The largest absolute Gasteiger partial charge is 0.477 e. The number of hydrogen-bond donors (Lipinski definition) is 1. The second-order valence-electron chi connectivity index (χ2n) is 2.15. The molecule has 1 aromatic carbocycles. The Morgan fingerprint density at radius 2 is 1.85 bits per heavy atom. The summed E-state index contributed by atoms with van der Waals surface area (Å²) in [5, 5.41) is 7.27. The van der Waals surface area contributed by atoms with Crippen molar-refractivity contribution < 1.29 is 23.1 Å². The van der Waals surface area contributed by atoms with E-state index in [-0.39, 0.29) is 6.07 Å². The van der Waals surface area contributed by atoms with Gasteiger partial charge in [-0.15, -0.1) is 0 Å². The Hall–Kier alpha value is -1.23. The van der Waals surface area contributed by atoms with Crippen molar-refractivity contribution in [1.29, 1.82) is 0 Å². The molecule has 0 unspecified atom stereocenters. The molecule has 0 amide bonds. The van der Waals surface area contributed by atoms with Gasteiger partial charge in [-0.2, -0.15) is 0 Å². The van der Waals surface area contributed by atoms with Crippen molar-refractivity contribution >= 4 is 17.6 Å². The van der Waals surface area contributed by atoms with Crippen LogP contribution in [0.25, 0.3) is 0 Å². The molecule has 1 rings (SSSR count). The summed E-state index contributed by atoms with van der Waals surface area (Å²) >= 11 is 5.02. The van der Waals surface area contributed by atoms with Gasteiger partial charge < -0.3 is 5.11 Å². The lowest BCUT2D eigenvalue weighted by molar-refractivity contribution is 0.0686. The summed E-state index contributed by atoms with van der Waals surface area (Å²) in [7, 11) is 0. The van der Waals surface area contributed by atoms with Crippen LogP contribution < -0.4 is 0 Å². The minimum Gasteiger partial charge on any atom is -0.477 e. The van der Waals surface area contributed by atoms with Gasteiger partial charge in [0, 0.05) is 6.07 Å². The molecule has 0 saturated carbocycles. The van der Waals surface area contributed by atoms with Crippen molar-refractivity contribution in [2.75, 3.05) is 0 Å². The van der Waals surface area contributed by atoms with Gasteiger partial charge in [0.2, 0.25) is 0 Å². The van der Waals surface area contributed by atoms with Crippen molar-refractivity contribution in [2.24, 2.45) is 0 Å². The van der Waals surface area contributed by atoms with Crippen LogP contribution >= 0.6 is 11.6 Å². The highest BCUT2D eigenvalue weighted by Gasteiger charge is 2.22. The molecular weight excluding hydrogens is 209 g/mol. The predicted molar refractivity (Wildman–Crippen MR) is 38.3 cm³/mol. The van der Waals surface area contributed by atoms with Crippen LogP contribution in [0.2, 0.25) is 5.02 Å². The highest BCUT2D eigenvalue weighted by Crippen LogP contribution is 2.24. The van der Waals surface area contributed by atoms with Crippen molar-refractivity contribution in [1.82, 2.24) is 0 Å². The standard InChI is InChI=1S/C7H2ClF3O2/c8-5-3(10)1-2(9)4(6(5)11)7(12)13/h1H,(H,12,13). The molecule has 0 radical (unpaired) electrons. The Labute approximate surface area is 75.6 Å². The van der Waals surface area contributed by atoms with Gasteiger partial charge in [0.25, 0.3) is 0 Å². The second-order valence-corrected chi connectivity index (χ2v) is 2.53. The van der Waals surface area contributed by atoms with E-state index in [1.807, 2.05) is 0 Å². The van der Waals surface area contributed by atoms with E-state index in [9.17, 15) is 18.0 Å². The molecule has 0 saturated heterocycles. The summed E-state index contributed by atoms with van der Waals surface area (Å²) in [6, 6.07) is 0.217. The molecule has 6 heteroatoms.